The van der Waals surface area contributed by atoms with Gasteiger partial charge in [0.2, 0.25) is 0 Å². The third-order valence-corrected chi connectivity index (χ3v) is 20.0. The molecule has 1 heterocycles. The summed E-state index contributed by atoms with van der Waals surface area (Å²) in [5.41, 5.74) is 5.74. The minimum absolute atomic E-state index is 0.0274. The summed E-state index contributed by atoms with van der Waals surface area (Å²) in [6, 6.07) is 28.0. The monoisotopic (exact) mass is 800 g/mol. The van der Waals surface area contributed by atoms with Gasteiger partial charge >= 0.3 is 265 Å². The molecular weight excluding hydrogens is 759 g/mol. The van der Waals surface area contributed by atoms with Crippen molar-refractivity contribution in [1.82, 2.24) is 15.5 Å². The molecule has 0 bridgehead atoms. The van der Waals surface area contributed by atoms with Gasteiger partial charge in [-0.05, 0) is 0 Å². The molecule has 12 nitrogen and oxygen atoms in total. The van der Waals surface area contributed by atoms with E-state index < -0.39 is 52.9 Å². The molecule has 1 saturated heterocycles. The number of carbonyl (C=O) groups is 6. The van der Waals surface area contributed by atoms with Gasteiger partial charge < -0.3 is 15.2 Å². The molecule has 272 valence electrons. The van der Waals surface area contributed by atoms with E-state index in [-0.39, 0.29) is 43.4 Å². The number of benzene rings is 3. The van der Waals surface area contributed by atoms with Crippen LogP contribution < -0.4 is 32.3 Å². The zero-order chi connectivity index (χ0) is 37.0. The van der Waals surface area contributed by atoms with Gasteiger partial charge in [0.15, 0.2) is 0 Å². The van der Waals surface area contributed by atoms with E-state index in [9.17, 15) is 28.8 Å². The van der Waals surface area contributed by atoms with Crippen molar-refractivity contribution in [2.45, 2.75) is 36.6 Å². The van der Waals surface area contributed by atoms with Crippen molar-refractivity contribution >= 4 is 84.0 Å². The summed E-state index contributed by atoms with van der Waals surface area (Å²) < 4.78 is 9.17. The Labute approximate surface area is 309 Å². The summed E-state index contributed by atoms with van der Waals surface area (Å²) in [6.07, 6.45) is 0.141. The fourth-order valence-electron chi connectivity index (χ4n) is 5.93. The molecule has 0 aromatic heterocycles. The standard InChI is InChI=1S/C36H42BrN4O8PS/c1-48-33(44)23-39-34(45)29(40-31(42)19-18-28(38)36(47)49-2)24-51-30-22-32(43)41(35(30)46)20-21-50(37,25-12-6-3-7-13-25,26-14-8-4-9-15-26)27-16-10-5-11-17-27/h3-17,28-30H,18-24,38H2,1-2H3,(H,39,45)(H,40,42)/t28-,29-,30?/m0/s1. The molecule has 0 aliphatic carbocycles. The van der Waals surface area contributed by atoms with Gasteiger partial charge in [0, 0.05) is 0 Å². The molecule has 1 aliphatic rings. The number of nitrogens with zero attached hydrogens (tertiary/aromatic N) is 1. The Kier molecular flexibility index (Phi) is 13.9. The van der Waals surface area contributed by atoms with Crippen LogP contribution in [0, 0.1) is 0 Å². The molecule has 0 radical (unpaired) electrons. The van der Waals surface area contributed by atoms with Crippen LogP contribution in [0.2, 0.25) is 0 Å². The number of imide groups is 1. The van der Waals surface area contributed by atoms with Crippen LogP contribution in [0.4, 0.5) is 0 Å². The smallest absolute Gasteiger partial charge is 0.468 e. The van der Waals surface area contributed by atoms with E-state index in [1.807, 2.05) is 54.6 Å². The van der Waals surface area contributed by atoms with Crippen LogP contribution in [0.25, 0.3) is 0 Å². The number of amides is 4. The minimum Gasteiger partial charge on any atom is -0.468 e. The van der Waals surface area contributed by atoms with Gasteiger partial charge in [-0.15, -0.1) is 0 Å². The van der Waals surface area contributed by atoms with E-state index in [2.05, 4.69) is 72.0 Å². The quantitative estimate of drug-likeness (QED) is 0.104. The van der Waals surface area contributed by atoms with E-state index in [1.54, 1.807) is 0 Å². The van der Waals surface area contributed by atoms with Crippen LogP contribution in [0.3, 0.4) is 0 Å². The number of hydrogen-bond acceptors (Lipinski definition) is 10. The first-order valence-corrected chi connectivity index (χ1v) is 21.7. The average molecular weight is 802 g/mol. The normalized spacial score (nSPS) is 16.4. The Balaban J connectivity index is 1.53. The van der Waals surface area contributed by atoms with Crippen LogP contribution in [0.15, 0.2) is 91.0 Å². The molecule has 3 aromatic carbocycles. The summed E-state index contributed by atoms with van der Waals surface area (Å²) in [6.45, 7) is -0.298. The van der Waals surface area contributed by atoms with Gasteiger partial charge in [-0.3, -0.25) is 9.59 Å². The summed E-state index contributed by atoms with van der Waals surface area (Å²) in [7, 11) is 2.36. The zero-order valence-corrected chi connectivity index (χ0v) is 31.7. The molecule has 1 unspecified atom stereocenters. The summed E-state index contributed by atoms with van der Waals surface area (Å²) >= 11 is 5.43. The van der Waals surface area contributed by atoms with Crippen LogP contribution in [0.1, 0.15) is 19.3 Å². The molecule has 3 atom stereocenters. The summed E-state index contributed by atoms with van der Waals surface area (Å²) in [4.78, 5) is 77.7. The van der Waals surface area contributed by atoms with Gasteiger partial charge in [0.05, 0.1) is 14.2 Å². The number of rotatable bonds is 17. The Bertz CT molecular complexity index is 1620. The molecular formula is C36H42BrN4O8PS. The van der Waals surface area contributed by atoms with E-state index in [1.165, 1.54) is 19.1 Å². The Morgan fingerprint density at radius 1 is 0.902 bits per heavy atom. The van der Waals surface area contributed by atoms with E-state index in [0.29, 0.717) is 6.16 Å². The predicted octanol–water partition coefficient (Wildman–Crippen LogP) is 1.74. The first-order chi connectivity index (χ1) is 24.4. The van der Waals surface area contributed by atoms with E-state index in [0.717, 1.165) is 27.7 Å². The second-order valence-corrected chi connectivity index (χ2v) is 22.2. The van der Waals surface area contributed by atoms with Crippen LogP contribution in [-0.4, -0.2) is 97.0 Å². The third-order valence-electron chi connectivity index (χ3n) is 8.77. The van der Waals surface area contributed by atoms with Crippen molar-refractivity contribution < 1.29 is 38.2 Å². The molecule has 4 amide bonds. The van der Waals surface area contributed by atoms with Gasteiger partial charge in [0.1, 0.15) is 6.04 Å². The number of thioether (sulfide) groups is 1. The number of methoxy groups -OCH3 is 2. The number of esters is 2. The predicted molar refractivity (Wildman–Crippen MR) is 203 cm³/mol. The molecule has 0 spiro atoms. The van der Waals surface area contributed by atoms with Gasteiger partial charge in [-0.1, -0.05) is 0 Å². The van der Waals surface area contributed by atoms with E-state index in [4.69, 9.17) is 5.73 Å². The topological polar surface area (TPSA) is 174 Å². The van der Waals surface area contributed by atoms with Crippen molar-refractivity contribution in [2.75, 3.05) is 39.2 Å². The maximum absolute atomic E-state index is 13.9. The minimum atomic E-state index is -3.43. The van der Waals surface area contributed by atoms with Crippen molar-refractivity contribution in [1.29, 1.82) is 0 Å². The number of halogens is 1. The molecule has 4 N–H and O–H groups in total. The van der Waals surface area contributed by atoms with Gasteiger partial charge in [0.25, 0.3) is 0 Å². The fourth-order valence-corrected chi connectivity index (χ4v) is 14.3. The summed E-state index contributed by atoms with van der Waals surface area (Å²) in [5, 5.41) is 3.94. The molecule has 15 heteroatoms. The maximum atomic E-state index is 13.9. The molecule has 3 aromatic rings. The second kappa shape index (κ2) is 17.9. The first-order valence-electron chi connectivity index (χ1n) is 16.3. The Morgan fingerprint density at radius 3 is 1.92 bits per heavy atom. The molecule has 0 saturated carbocycles. The third kappa shape index (κ3) is 9.23. The van der Waals surface area contributed by atoms with Crippen LogP contribution in [-0.2, 0) is 38.2 Å². The first kappa shape index (κ1) is 39.7. The van der Waals surface area contributed by atoms with Gasteiger partial charge in [-0.25, -0.2) is 0 Å². The van der Waals surface area contributed by atoms with Crippen molar-refractivity contribution in [3.8, 4) is 0 Å². The Morgan fingerprint density at radius 2 is 1.43 bits per heavy atom. The number of carbonyl (C=O) groups excluding carboxylic acids is 6. The fraction of sp³-hybridized carbons (Fsp3) is 0.333. The number of ether oxygens (including phenoxy) is 2. The average Bonchev–Trinajstić information content (AvgIpc) is 3.44. The molecule has 4 rings (SSSR count). The van der Waals surface area contributed by atoms with Crippen LogP contribution in [0.5, 0.6) is 0 Å². The molecule has 1 aliphatic heterocycles. The SMILES string of the molecule is COC(=O)CNC(=O)[C@H](CSC1CC(=O)N(CCP(Br)(c2ccccc2)(c2ccccc2)c2ccccc2)C1=O)NC(=O)CC[C@H](N)C(=O)OC. The number of likely N-dealkylation sites (tertiary alicyclic amines) is 1. The van der Waals surface area contributed by atoms with Crippen molar-refractivity contribution in [3.63, 3.8) is 0 Å². The van der Waals surface area contributed by atoms with Gasteiger partial charge in [-0.2, -0.15) is 0 Å². The second-order valence-electron chi connectivity index (χ2n) is 11.9. The molecule has 51 heavy (non-hydrogen) atoms. The van der Waals surface area contributed by atoms with Crippen molar-refractivity contribution in [2.24, 2.45) is 5.73 Å². The number of nitrogens with one attached hydrogen (secondary N) is 2. The summed E-state index contributed by atoms with van der Waals surface area (Å²) in [5.74, 6) is -3.43. The molecule has 1 fully saturated rings. The van der Waals surface area contributed by atoms with Crippen molar-refractivity contribution in [3.05, 3.63) is 91.0 Å². The zero-order valence-electron chi connectivity index (χ0n) is 28.4. The number of hydrogen-bond donors (Lipinski definition) is 3. The number of nitrogens with two attached hydrogens (primary N) is 1. The van der Waals surface area contributed by atoms with Crippen LogP contribution >= 0.6 is 32.6 Å². The Hall–Kier alpha value is -4.10. The van der Waals surface area contributed by atoms with E-state index >= 15 is 0 Å².